The number of nitrogens with zero attached hydrogens (tertiary/aromatic N) is 1. The lowest BCUT2D eigenvalue weighted by molar-refractivity contribution is -0.155. The molecule has 2 amide bonds. The van der Waals surface area contributed by atoms with Gasteiger partial charge >= 0.3 is 5.97 Å². The molecule has 1 aromatic carbocycles. The number of fused-ring (bicyclic) bond motifs is 1. The van der Waals surface area contributed by atoms with Gasteiger partial charge in [-0.05, 0) is 18.4 Å². The Labute approximate surface area is 127 Å². The highest BCUT2D eigenvalue weighted by Crippen LogP contribution is 2.33. The van der Waals surface area contributed by atoms with Gasteiger partial charge in [0.1, 0.15) is 11.7 Å². The lowest BCUT2D eigenvalue weighted by Gasteiger charge is -2.49. The molecule has 0 bridgehead atoms. The van der Waals surface area contributed by atoms with Crippen LogP contribution in [0, 0.1) is 0 Å². The summed E-state index contributed by atoms with van der Waals surface area (Å²) in [5.41, 5.74) is 0.896. The van der Waals surface area contributed by atoms with Crippen LogP contribution in [0.2, 0.25) is 0 Å². The zero-order valence-corrected chi connectivity index (χ0v) is 11.9. The first kappa shape index (κ1) is 14.3. The van der Waals surface area contributed by atoms with Gasteiger partial charge < -0.3 is 10.4 Å². The van der Waals surface area contributed by atoms with E-state index in [4.69, 9.17) is 5.11 Å². The minimum atomic E-state index is -1.10. The van der Waals surface area contributed by atoms with Crippen molar-refractivity contribution in [2.24, 2.45) is 0 Å². The Kier molecular flexibility index (Phi) is 3.66. The fraction of sp³-hybridized carbons (Fsp3) is 0.312. The van der Waals surface area contributed by atoms with Crippen molar-refractivity contribution in [3.8, 4) is 0 Å². The van der Waals surface area contributed by atoms with Crippen LogP contribution in [-0.2, 0) is 20.8 Å². The van der Waals surface area contributed by atoms with E-state index in [0.717, 1.165) is 5.56 Å². The Morgan fingerprint density at radius 3 is 2.68 bits per heavy atom. The zero-order chi connectivity index (χ0) is 15.7. The summed E-state index contributed by atoms with van der Waals surface area (Å²) >= 11 is 0. The first-order valence-corrected chi connectivity index (χ1v) is 7.18. The minimum absolute atomic E-state index is 0.0230. The second-order valence-electron chi connectivity index (χ2n) is 5.46. The summed E-state index contributed by atoms with van der Waals surface area (Å²) in [6.45, 7) is 0. The van der Waals surface area contributed by atoms with E-state index in [1.54, 1.807) is 6.08 Å². The van der Waals surface area contributed by atoms with E-state index >= 15 is 0 Å². The number of hydrogen-bond donors (Lipinski definition) is 2. The molecule has 1 aromatic rings. The van der Waals surface area contributed by atoms with Gasteiger partial charge in [0.25, 0.3) is 5.91 Å². The van der Waals surface area contributed by atoms with Crippen LogP contribution >= 0.6 is 0 Å². The summed E-state index contributed by atoms with van der Waals surface area (Å²) in [5.74, 6) is -1.68. The standard InChI is InChI=1S/C16H16N2O4/c19-13(9-10-5-2-1-3-6-10)17-14-11-7-4-8-12(16(21)22)18(11)15(14)20/h1-3,5-6,8,11,14H,4,7,9H2,(H,17,19)(H,21,22)/t11-,14-/m1/s1. The number of nitrogens with one attached hydrogen (secondary N) is 1. The molecule has 0 unspecified atom stereocenters. The van der Waals surface area contributed by atoms with Crippen molar-refractivity contribution in [2.45, 2.75) is 31.3 Å². The average Bonchev–Trinajstić information content (AvgIpc) is 2.52. The third-order valence-electron chi connectivity index (χ3n) is 4.02. The summed E-state index contributed by atoms with van der Waals surface area (Å²) in [5, 5.41) is 11.8. The van der Waals surface area contributed by atoms with E-state index in [9.17, 15) is 14.4 Å². The molecule has 2 aliphatic heterocycles. The molecule has 2 heterocycles. The summed E-state index contributed by atoms with van der Waals surface area (Å²) in [7, 11) is 0. The van der Waals surface area contributed by atoms with Gasteiger partial charge in [-0.3, -0.25) is 14.5 Å². The van der Waals surface area contributed by atoms with Crippen molar-refractivity contribution in [1.29, 1.82) is 0 Å². The number of hydrogen-bond acceptors (Lipinski definition) is 3. The molecule has 114 valence electrons. The van der Waals surface area contributed by atoms with Crippen LogP contribution in [-0.4, -0.2) is 39.9 Å². The molecule has 0 saturated carbocycles. The number of carboxylic acid groups (broad SMARTS) is 1. The Hall–Kier alpha value is -2.63. The Bertz CT molecular complexity index is 653. The number of allylic oxidation sites excluding steroid dienone is 1. The molecule has 2 atom stereocenters. The largest absolute Gasteiger partial charge is 0.477 e. The third-order valence-corrected chi connectivity index (χ3v) is 4.02. The highest BCUT2D eigenvalue weighted by atomic mass is 16.4. The van der Waals surface area contributed by atoms with Gasteiger partial charge in [0.05, 0.1) is 12.5 Å². The van der Waals surface area contributed by atoms with Gasteiger partial charge in [0, 0.05) is 0 Å². The van der Waals surface area contributed by atoms with E-state index < -0.39 is 12.0 Å². The molecule has 0 aliphatic carbocycles. The van der Waals surface area contributed by atoms with Gasteiger partial charge in [-0.1, -0.05) is 36.4 Å². The molecule has 0 spiro atoms. The highest BCUT2D eigenvalue weighted by Gasteiger charge is 2.51. The number of amides is 2. The Morgan fingerprint density at radius 2 is 2.00 bits per heavy atom. The molecular weight excluding hydrogens is 284 g/mol. The van der Waals surface area contributed by atoms with E-state index in [1.165, 1.54) is 4.90 Å². The SMILES string of the molecule is O=C(Cc1ccccc1)N[C@H]1C(=O)N2C(C(=O)O)=CCC[C@H]12. The quantitative estimate of drug-likeness (QED) is 0.801. The first-order valence-electron chi connectivity index (χ1n) is 7.18. The topological polar surface area (TPSA) is 86.7 Å². The van der Waals surface area contributed by atoms with Crippen LogP contribution in [0.4, 0.5) is 0 Å². The molecule has 2 N–H and O–H groups in total. The van der Waals surface area contributed by atoms with Crippen molar-refractivity contribution in [1.82, 2.24) is 10.2 Å². The van der Waals surface area contributed by atoms with Crippen LogP contribution in [0.15, 0.2) is 42.1 Å². The van der Waals surface area contributed by atoms with Crippen molar-refractivity contribution in [2.75, 3.05) is 0 Å². The van der Waals surface area contributed by atoms with E-state index in [1.807, 2.05) is 30.3 Å². The predicted molar refractivity (Wildman–Crippen MR) is 77.7 cm³/mol. The van der Waals surface area contributed by atoms with E-state index in [2.05, 4.69) is 5.32 Å². The van der Waals surface area contributed by atoms with Crippen molar-refractivity contribution < 1.29 is 19.5 Å². The monoisotopic (exact) mass is 300 g/mol. The zero-order valence-electron chi connectivity index (χ0n) is 11.9. The fourth-order valence-corrected chi connectivity index (χ4v) is 2.98. The van der Waals surface area contributed by atoms with Gasteiger partial charge in [-0.25, -0.2) is 4.79 Å². The normalized spacial score (nSPS) is 23.2. The highest BCUT2D eigenvalue weighted by molar-refractivity contribution is 6.01. The van der Waals surface area contributed by atoms with Crippen molar-refractivity contribution >= 4 is 17.8 Å². The average molecular weight is 300 g/mol. The number of carbonyl (C=O) groups is 3. The minimum Gasteiger partial charge on any atom is -0.477 e. The van der Waals surface area contributed by atoms with Crippen LogP contribution in [0.3, 0.4) is 0 Å². The van der Waals surface area contributed by atoms with Gasteiger partial charge in [-0.2, -0.15) is 0 Å². The molecule has 6 nitrogen and oxygen atoms in total. The lowest BCUT2D eigenvalue weighted by atomic mass is 9.86. The van der Waals surface area contributed by atoms with Crippen molar-refractivity contribution in [3.05, 3.63) is 47.7 Å². The van der Waals surface area contributed by atoms with Crippen LogP contribution in [0.25, 0.3) is 0 Å². The van der Waals surface area contributed by atoms with Gasteiger partial charge in [-0.15, -0.1) is 0 Å². The Balaban J connectivity index is 1.63. The smallest absolute Gasteiger partial charge is 0.352 e. The molecule has 2 aliphatic rings. The number of carboxylic acids is 1. The molecule has 3 rings (SSSR count). The fourth-order valence-electron chi connectivity index (χ4n) is 2.98. The summed E-state index contributed by atoms with van der Waals surface area (Å²) < 4.78 is 0. The van der Waals surface area contributed by atoms with Gasteiger partial charge in [0.15, 0.2) is 0 Å². The van der Waals surface area contributed by atoms with Crippen LogP contribution < -0.4 is 5.32 Å². The second-order valence-corrected chi connectivity index (χ2v) is 5.46. The molecule has 1 fully saturated rings. The molecule has 22 heavy (non-hydrogen) atoms. The van der Waals surface area contributed by atoms with Gasteiger partial charge in [0.2, 0.25) is 5.91 Å². The number of β-lactam (4-membered cyclic amide) rings is 1. The van der Waals surface area contributed by atoms with E-state index in [-0.39, 0.29) is 30.0 Å². The van der Waals surface area contributed by atoms with Crippen molar-refractivity contribution in [3.63, 3.8) is 0 Å². The van der Waals surface area contributed by atoms with Crippen LogP contribution in [0.5, 0.6) is 0 Å². The Morgan fingerprint density at radius 1 is 1.27 bits per heavy atom. The maximum Gasteiger partial charge on any atom is 0.352 e. The second kappa shape index (κ2) is 5.63. The maximum atomic E-state index is 12.1. The predicted octanol–water partition coefficient (Wildman–Crippen LogP) is 0.687. The molecule has 1 saturated heterocycles. The third kappa shape index (κ3) is 2.47. The van der Waals surface area contributed by atoms with E-state index in [0.29, 0.717) is 12.8 Å². The van der Waals surface area contributed by atoms with Crippen LogP contribution in [0.1, 0.15) is 18.4 Å². The number of aliphatic carboxylic acids is 1. The summed E-state index contributed by atoms with van der Waals surface area (Å²) in [6, 6.07) is 8.41. The summed E-state index contributed by atoms with van der Waals surface area (Å²) in [6.07, 6.45) is 3.03. The maximum absolute atomic E-state index is 12.1. The molecule has 0 aromatic heterocycles. The summed E-state index contributed by atoms with van der Waals surface area (Å²) in [4.78, 5) is 36.5. The number of benzene rings is 1. The number of rotatable bonds is 4. The molecule has 0 radical (unpaired) electrons. The molecular formula is C16H16N2O4. The number of carbonyl (C=O) groups excluding carboxylic acids is 2. The lowest BCUT2D eigenvalue weighted by Crippen LogP contribution is -2.71. The first-order chi connectivity index (χ1) is 10.6. The molecule has 6 heteroatoms.